The van der Waals surface area contributed by atoms with Gasteiger partial charge in [-0.3, -0.25) is 0 Å². The molecule has 0 saturated heterocycles. The summed E-state index contributed by atoms with van der Waals surface area (Å²) in [4.78, 5) is 12.5. The Hall–Kier alpha value is -1.68. The van der Waals surface area contributed by atoms with Crippen LogP contribution in [0.3, 0.4) is 0 Å². The van der Waals surface area contributed by atoms with Gasteiger partial charge in [-0.25, -0.2) is 13.2 Å². The second kappa shape index (κ2) is 8.61. The molecule has 0 spiro atoms. The van der Waals surface area contributed by atoms with E-state index in [1.807, 2.05) is 0 Å². The van der Waals surface area contributed by atoms with Crippen molar-refractivity contribution in [2.75, 3.05) is 27.6 Å². The van der Waals surface area contributed by atoms with Crippen LogP contribution in [0, 0.1) is 0 Å². The van der Waals surface area contributed by atoms with E-state index in [1.165, 1.54) is 46.2 Å². The normalized spacial score (nSPS) is 15.5. The number of aliphatic hydroxyl groups excluding tert-OH is 1. The van der Waals surface area contributed by atoms with Crippen LogP contribution in [0.5, 0.6) is 5.75 Å². The van der Waals surface area contributed by atoms with Gasteiger partial charge < -0.3 is 19.3 Å². The van der Waals surface area contributed by atoms with E-state index in [1.54, 1.807) is 13.0 Å². The van der Waals surface area contributed by atoms with Crippen molar-refractivity contribution in [3.05, 3.63) is 24.3 Å². The van der Waals surface area contributed by atoms with Crippen LogP contribution in [0.25, 0.3) is 0 Å². The number of esters is 1. The maximum absolute atomic E-state index is 13.0. The molecule has 1 rings (SSSR count). The maximum atomic E-state index is 13.0. The van der Waals surface area contributed by atoms with Gasteiger partial charge in [0.25, 0.3) is 0 Å². The monoisotopic (exact) mass is 375 g/mol. The molecule has 0 radical (unpaired) electrons. The van der Waals surface area contributed by atoms with Gasteiger partial charge in [0.05, 0.1) is 24.7 Å². The number of ether oxygens (including phenoxy) is 3. The smallest absolute Gasteiger partial charge is 0.329 e. The van der Waals surface area contributed by atoms with E-state index in [-0.39, 0.29) is 11.5 Å². The standard InChI is InChI=1S/C16H25NO7S/c1-6-23-15(19)16(3,12(2)24-11-18)17(4)25(20,21)14-9-7-8-13(10-14)22-5/h7-10,12,18H,6,11H2,1-5H3/t12-,16?/m0/s1. The number of nitrogens with zero attached hydrogens (tertiary/aromatic N) is 1. The van der Waals surface area contributed by atoms with E-state index in [2.05, 4.69) is 0 Å². The molecule has 8 nitrogen and oxygen atoms in total. The van der Waals surface area contributed by atoms with Crippen LogP contribution >= 0.6 is 0 Å². The van der Waals surface area contributed by atoms with Crippen molar-refractivity contribution in [3.8, 4) is 5.75 Å². The van der Waals surface area contributed by atoms with Gasteiger partial charge >= 0.3 is 5.97 Å². The molecule has 0 bridgehead atoms. The summed E-state index contributed by atoms with van der Waals surface area (Å²) in [7, 11) is -1.37. The average Bonchev–Trinajstić information content (AvgIpc) is 2.60. The summed E-state index contributed by atoms with van der Waals surface area (Å²) in [5.41, 5.74) is -1.68. The second-order valence-corrected chi connectivity index (χ2v) is 7.43. The minimum atomic E-state index is -4.07. The Morgan fingerprint density at radius 3 is 2.56 bits per heavy atom. The van der Waals surface area contributed by atoms with Crippen molar-refractivity contribution < 1.29 is 32.5 Å². The molecule has 25 heavy (non-hydrogen) atoms. The highest BCUT2D eigenvalue weighted by molar-refractivity contribution is 7.89. The van der Waals surface area contributed by atoms with Gasteiger partial charge in [0.1, 0.15) is 12.5 Å². The highest BCUT2D eigenvalue weighted by atomic mass is 32.2. The first-order valence-electron chi connectivity index (χ1n) is 7.69. The summed E-state index contributed by atoms with van der Waals surface area (Å²) in [6.45, 7) is 3.91. The molecule has 1 N–H and O–H groups in total. The number of hydrogen-bond acceptors (Lipinski definition) is 7. The van der Waals surface area contributed by atoms with E-state index < -0.39 is 34.4 Å². The summed E-state index contributed by atoms with van der Waals surface area (Å²) < 4.78 is 42.1. The maximum Gasteiger partial charge on any atom is 0.329 e. The quantitative estimate of drug-likeness (QED) is 0.507. The molecule has 0 fully saturated rings. The van der Waals surface area contributed by atoms with E-state index in [0.717, 1.165) is 4.31 Å². The molecule has 0 aliphatic rings. The molecule has 142 valence electrons. The zero-order chi connectivity index (χ0) is 19.3. The molecule has 1 aromatic rings. The van der Waals surface area contributed by atoms with Crippen LogP contribution in [-0.2, 0) is 24.3 Å². The van der Waals surface area contributed by atoms with Crippen LogP contribution in [0.15, 0.2) is 29.2 Å². The van der Waals surface area contributed by atoms with E-state index >= 15 is 0 Å². The third kappa shape index (κ3) is 4.30. The van der Waals surface area contributed by atoms with Crippen molar-refractivity contribution in [1.82, 2.24) is 4.31 Å². The molecule has 0 aromatic heterocycles. The van der Waals surface area contributed by atoms with Crippen molar-refractivity contribution in [3.63, 3.8) is 0 Å². The summed E-state index contributed by atoms with van der Waals surface area (Å²) >= 11 is 0. The Morgan fingerprint density at radius 1 is 1.40 bits per heavy atom. The van der Waals surface area contributed by atoms with E-state index in [0.29, 0.717) is 5.75 Å². The minimum absolute atomic E-state index is 0.0407. The minimum Gasteiger partial charge on any atom is -0.497 e. The zero-order valence-electron chi connectivity index (χ0n) is 15.1. The molecule has 1 aromatic carbocycles. The number of hydrogen-bond donors (Lipinski definition) is 1. The Morgan fingerprint density at radius 2 is 2.04 bits per heavy atom. The summed E-state index contributed by atoms with van der Waals surface area (Å²) in [6.07, 6.45) is -0.957. The zero-order valence-corrected chi connectivity index (χ0v) is 15.9. The third-order valence-electron chi connectivity index (χ3n) is 4.16. The van der Waals surface area contributed by atoms with Crippen molar-refractivity contribution in [2.24, 2.45) is 0 Å². The number of rotatable bonds is 9. The number of aliphatic hydroxyl groups is 1. The van der Waals surface area contributed by atoms with E-state index in [9.17, 15) is 13.2 Å². The fourth-order valence-corrected chi connectivity index (χ4v) is 3.83. The average molecular weight is 375 g/mol. The molecule has 1 unspecified atom stereocenters. The van der Waals surface area contributed by atoms with Crippen molar-refractivity contribution >= 4 is 16.0 Å². The number of carbonyl (C=O) groups is 1. The Kier molecular flexibility index (Phi) is 7.36. The lowest BCUT2D eigenvalue weighted by atomic mass is 9.96. The lowest BCUT2D eigenvalue weighted by Crippen LogP contribution is -2.60. The van der Waals surface area contributed by atoms with Gasteiger partial charge in [-0.2, -0.15) is 4.31 Å². The Labute approximate surface area is 148 Å². The highest BCUT2D eigenvalue weighted by Crippen LogP contribution is 2.30. The van der Waals surface area contributed by atoms with Crippen molar-refractivity contribution in [1.29, 1.82) is 0 Å². The highest BCUT2D eigenvalue weighted by Gasteiger charge is 2.50. The predicted molar refractivity (Wildman–Crippen MR) is 90.6 cm³/mol. The number of carbonyl (C=O) groups excluding carboxylic acids is 1. The fraction of sp³-hybridized carbons (Fsp3) is 0.562. The Bertz CT molecular complexity index is 691. The first-order valence-corrected chi connectivity index (χ1v) is 9.13. The molecule has 0 heterocycles. The number of benzene rings is 1. The van der Waals surface area contributed by atoms with Crippen LogP contribution in [0.4, 0.5) is 0 Å². The molecule has 2 atom stereocenters. The lowest BCUT2D eigenvalue weighted by Gasteiger charge is -2.39. The number of sulfonamides is 1. The summed E-state index contributed by atoms with van der Waals surface area (Å²) in [5.74, 6) is -0.406. The molecular weight excluding hydrogens is 350 g/mol. The van der Waals surface area contributed by atoms with Crippen molar-refractivity contribution in [2.45, 2.75) is 37.3 Å². The SMILES string of the molecule is CCOC(=O)C(C)([C@H](C)OCO)N(C)S(=O)(=O)c1cccc(OC)c1. The predicted octanol–water partition coefficient (Wildman–Crippen LogP) is 0.992. The lowest BCUT2D eigenvalue weighted by molar-refractivity contribution is -0.166. The molecule has 0 amide bonds. The number of likely N-dealkylation sites (N-methyl/N-ethyl adjacent to an activating group) is 1. The van der Waals surface area contributed by atoms with Crippen LogP contribution in [0.2, 0.25) is 0 Å². The molecule has 0 saturated carbocycles. The molecule has 0 aliphatic carbocycles. The van der Waals surface area contributed by atoms with Gasteiger partial charge in [0.15, 0.2) is 5.54 Å². The topological polar surface area (TPSA) is 102 Å². The Balaban J connectivity index is 3.40. The number of methoxy groups -OCH3 is 1. The second-order valence-electron chi connectivity index (χ2n) is 5.46. The van der Waals surface area contributed by atoms with Gasteiger partial charge in [-0.15, -0.1) is 0 Å². The summed E-state index contributed by atoms with van der Waals surface area (Å²) in [5, 5.41) is 9.02. The summed E-state index contributed by atoms with van der Waals surface area (Å²) in [6, 6.07) is 5.91. The van der Waals surface area contributed by atoms with Crippen LogP contribution in [0.1, 0.15) is 20.8 Å². The first kappa shape index (κ1) is 21.4. The van der Waals surface area contributed by atoms with Gasteiger partial charge in [-0.1, -0.05) is 6.07 Å². The third-order valence-corrected chi connectivity index (χ3v) is 6.11. The van der Waals surface area contributed by atoms with E-state index in [4.69, 9.17) is 19.3 Å². The van der Waals surface area contributed by atoms with Gasteiger partial charge in [-0.05, 0) is 32.9 Å². The van der Waals surface area contributed by atoms with Gasteiger partial charge in [0.2, 0.25) is 10.0 Å². The first-order chi connectivity index (χ1) is 11.7. The largest absolute Gasteiger partial charge is 0.497 e. The van der Waals surface area contributed by atoms with Gasteiger partial charge in [0, 0.05) is 13.1 Å². The fourth-order valence-electron chi connectivity index (χ4n) is 2.27. The molecule has 0 aliphatic heterocycles. The van der Waals surface area contributed by atoms with Crippen LogP contribution < -0.4 is 4.74 Å². The van der Waals surface area contributed by atoms with Crippen LogP contribution in [-0.4, -0.2) is 63.0 Å². The molecular formula is C16H25NO7S. The molecule has 9 heteroatoms.